The van der Waals surface area contributed by atoms with E-state index in [-0.39, 0.29) is 6.04 Å². The minimum Gasteiger partial charge on any atom is -0.497 e. The summed E-state index contributed by atoms with van der Waals surface area (Å²) in [6.45, 7) is 16.6. The van der Waals surface area contributed by atoms with Crippen molar-refractivity contribution >= 4 is 16.4 Å². The molecule has 3 rings (SSSR count). The van der Waals surface area contributed by atoms with E-state index >= 15 is 0 Å². The predicted molar refractivity (Wildman–Crippen MR) is 149 cm³/mol. The fourth-order valence-electron chi connectivity index (χ4n) is 4.05. The van der Waals surface area contributed by atoms with Gasteiger partial charge in [-0.1, -0.05) is 6.08 Å². The number of carbonyl (C=O) groups excluding carboxylic acids is 1. The van der Waals surface area contributed by atoms with Gasteiger partial charge >= 0.3 is 0 Å². The highest BCUT2D eigenvalue weighted by Crippen LogP contribution is 2.30. The van der Waals surface area contributed by atoms with Crippen molar-refractivity contribution in [1.29, 1.82) is 5.26 Å². The first-order chi connectivity index (χ1) is 17.8. The Morgan fingerprint density at radius 2 is 1.79 bits per heavy atom. The van der Waals surface area contributed by atoms with Gasteiger partial charge in [-0.15, -0.1) is 0 Å². The first-order valence-corrected chi connectivity index (χ1v) is 14.4. The van der Waals surface area contributed by atoms with Crippen molar-refractivity contribution < 1.29 is 27.4 Å². The van der Waals surface area contributed by atoms with E-state index in [0.717, 1.165) is 50.3 Å². The number of methoxy groups -OCH3 is 2. The summed E-state index contributed by atoms with van der Waals surface area (Å²) in [5.41, 5.74) is 1.16. The molecule has 1 amide bonds. The molecule has 1 unspecified atom stereocenters. The van der Waals surface area contributed by atoms with E-state index in [9.17, 15) is 13.2 Å². The summed E-state index contributed by atoms with van der Waals surface area (Å²) in [5, 5.41) is 7.69. The number of carbonyl (C=O) groups is 1. The maximum atomic E-state index is 13.3. The second-order valence-electron chi connectivity index (χ2n) is 10.1. The van der Waals surface area contributed by atoms with Crippen LogP contribution in [0.2, 0.25) is 0 Å². The van der Waals surface area contributed by atoms with Crippen LogP contribution in [0, 0.1) is 11.3 Å². The lowest BCUT2D eigenvalue weighted by atomic mass is 10.1. The largest absolute Gasteiger partial charge is 0.497 e. The summed E-state index contributed by atoms with van der Waals surface area (Å²) in [4.78, 5) is 14.0. The SMILES string of the molecule is CCOC.COC1=CC(C)=CC(S(=O)(=O)N2CC(C)(C)OC[C@H]2C)C(C)=C1.N#CCN1CCN(C=O)CC1. The van der Waals surface area contributed by atoms with E-state index in [1.54, 1.807) is 35.6 Å². The Kier molecular flexibility index (Phi) is 14.2. The average Bonchev–Trinajstić information content (AvgIpc) is 3.04. The van der Waals surface area contributed by atoms with Gasteiger partial charge in [0.2, 0.25) is 16.4 Å². The number of sulfonamides is 1. The molecule has 0 spiro atoms. The molecule has 11 heteroatoms. The molecular weight excluding hydrogens is 508 g/mol. The predicted octanol–water partition coefficient (Wildman–Crippen LogP) is 2.56. The highest BCUT2D eigenvalue weighted by atomic mass is 32.2. The lowest BCUT2D eigenvalue weighted by molar-refractivity contribution is -0.119. The highest BCUT2D eigenvalue weighted by Gasteiger charge is 2.42. The van der Waals surface area contributed by atoms with Gasteiger partial charge in [-0.05, 0) is 64.8 Å². The third-order valence-corrected chi connectivity index (χ3v) is 8.66. The highest BCUT2D eigenvalue weighted by molar-refractivity contribution is 7.90. The summed E-state index contributed by atoms with van der Waals surface area (Å²) in [7, 11) is -0.254. The van der Waals surface area contributed by atoms with E-state index in [0.29, 0.717) is 25.5 Å². The molecule has 0 aromatic carbocycles. The second-order valence-corrected chi connectivity index (χ2v) is 12.1. The van der Waals surface area contributed by atoms with Gasteiger partial charge in [-0.25, -0.2) is 8.42 Å². The molecule has 2 atom stereocenters. The van der Waals surface area contributed by atoms with Gasteiger partial charge in [-0.2, -0.15) is 9.57 Å². The van der Waals surface area contributed by atoms with Crippen molar-refractivity contribution in [2.75, 3.05) is 66.7 Å². The minimum atomic E-state index is -3.52. The van der Waals surface area contributed by atoms with Gasteiger partial charge in [0.1, 0.15) is 11.0 Å². The van der Waals surface area contributed by atoms with E-state index in [4.69, 9.17) is 14.7 Å². The van der Waals surface area contributed by atoms with Crippen molar-refractivity contribution in [3.8, 4) is 6.07 Å². The van der Waals surface area contributed by atoms with Crippen LogP contribution in [0.5, 0.6) is 0 Å². The summed E-state index contributed by atoms with van der Waals surface area (Å²) >= 11 is 0. The van der Waals surface area contributed by atoms with Crippen LogP contribution in [0.15, 0.2) is 35.1 Å². The zero-order valence-corrected chi connectivity index (χ0v) is 25.1. The zero-order valence-electron chi connectivity index (χ0n) is 24.3. The fourth-order valence-corrected chi connectivity index (χ4v) is 6.32. The first kappa shape index (κ1) is 33.8. The number of rotatable bonds is 6. The van der Waals surface area contributed by atoms with Gasteiger partial charge in [0.25, 0.3) is 0 Å². The van der Waals surface area contributed by atoms with Crippen LogP contribution < -0.4 is 0 Å². The Bertz CT molecular complexity index is 990. The van der Waals surface area contributed by atoms with Crippen LogP contribution in [0.3, 0.4) is 0 Å². The molecule has 0 aromatic heterocycles. The fraction of sp³-hybridized carbons (Fsp3) is 0.704. The molecule has 0 aromatic rings. The summed E-state index contributed by atoms with van der Waals surface area (Å²) in [6, 6.07) is 1.92. The number of amides is 1. The number of hydrogen-bond donors (Lipinski definition) is 0. The van der Waals surface area contributed by atoms with E-state index < -0.39 is 20.9 Å². The molecule has 38 heavy (non-hydrogen) atoms. The summed E-state index contributed by atoms with van der Waals surface area (Å²) in [5.74, 6) is 0.671. The van der Waals surface area contributed by atoms with Gasteiger partial charge in [-0.3, -0.25) is 9.69 Å². The number of allylic oxidation sites excluding steroid dienone is 3. The Balaban J connectivity index is 0.000000398. The zero-order chi connectivity index (χ0) is 28.9. The average molecular weight is 555 g/mol. The quantitative estimate of drug-likeness (QED) is 0.364. The maximum absolute atomic E-state index is 13.3. The Labute approximate surface area is 229 Å². The molecule has 0 saturated carbocycles. The molecule has 1 aliphatic carbocycles. The molecule has 0 bridgehead atoms. The second kappa shape index (κ2) is 16.0. The summed E-state index contributed by atoms with van der Waals surface area (Å²) in [6.07, 6.45) is 6.31. The molecular formula is C27H46N4O6S. The number of morpholine rings is 1. The number of ether oxygens (including phenoxy) is 3. The minimum absolute atomic E-state index is 0.173. The van der Waals surface area contributed by atoms with Crippen molar-refractivity contribution in [2.45, 2.75) is 58.4 Å². The monoisotopic (exact) mass is 554 g/mol. The van der Waals surface area contributed by atoms with Crippen LogP contribution in [0.1, 0.15) is 41.5 Å². The van der Waals surface area contributed by atoms with Gasteiger partial charge in [0.15, 0.2) is 0 Å². The van der Waals surface area contributed by atoms with Crippen LogP contribution in [0.4, 0.5) is 0 Å². The van der Waals surface area contributed by atoms with Crippen LogP contribution in [0.25, 0.3) is 0 Å². The maximum Gasteiger partial charge on any atom is 0.224 e. The molecule has 10 nitrogen and oxygen atoms in total. The smallest absolute Gasteiger partial charge is 0.224 e. The van der Waals surface area contributed by atoms with Gasteiger partial charge < -0.3 is 19.1 Å². The molecule has 0 radical (unpaired) electrons. The summed E-state index contributed by atoms with van der Waals surface area (Å²) < 4.78 is 43.7. The Morgan fingerprint density at radius 1 is 1.18 bits per heavy atom. The van der Waals surface area contributed by atoms with Crippen molar-refractivity contribution in [1.82, 2.24) is 14.1 Å². The molecule has 0 N–H and O–H groups in total. The third-order valence-electron chi connectivity index (χ3n) is 6.37. The number of nitriles is 1. The van der Waals surface area contributed by atoms with E-state index in [1.165, 1.54) is 0 Å². The topological polar surface area (TPSA) is 112 Å². The lowest BCUT2D eigenvalue weighted by Gasteiger charge is -2.42. The Hall–Kier alpha value is -2.23. The standard InChI is InChI=1S/C17H27NO4S.C7H11N3O.C3H8O/c1-12-7-15(21-6)9-13(2)16(8-12)23(19,20)18-11-17(4,5)22-10-14(18)3;8-1-2-9-3-5-10(7-11)6-4-9;1-3-4-2/h7-9,14,16H,10-11H2,1-6H3;7H,2-6H2;3H2,1-2H3/t14-,16?;;/m1../s1. The van der Waals surface area contributed by atoms with Gasteiger partial charge in [0.05, 0.1) is 31.9 Å². The number of piperazine rings is 1. The first-order valence-electron chi connectivity index (χ1n) is 12.9. The Morgan fingerprint density at radius 3 is 2.29 bits per heavy atom. The molecule has 2 saturated heterocycles. The molecule has 2 aliphatic heterocycles. The van der Waals surface area contributed by atoms with Crippen LogP contribution >= 0.6 is 0 Å². The molecule has 2 fully saturated rings. The van der Waals surface area contributed by atoms with Gasteiger partial charge in [0, 0.05) is 52.5 Å². The lowest BCUT2D eigenvalue weighted by Crippen LogP contribution is -2.56. The molecule has 3 aliphatic rings. The molecule has 216 valence electrons. The number of nitrogens with zero attached hydrogens (tertiary/aromatic N) is 4. The van der Waals surface area contributed by atoms with Crippen molar-refractivity contribution in [3.05, 3.63) is 35.1 Å². The van der Waals surface area contributed by atoms with Crippen LogP contribution in [-0.4, -0.2) is 113 Å². The van der Waals surface area contributed by atoms with E-state index in [1.807, 2.05) is 52.5 Å². The molecule has 2 heterocycles. The van der Waals surface area contributed by atoms with Crippen molar-refractivity contribution in [2.24, 2.45) is 0 Å². The van der Waals surface area contributed by atoms with Crippen molar-refractivity contribution in [3.63, 3.8) is 0 Å². The third kappa shape index (κ3) is 10.5. The van der Waals surface area contributed by atoms with Crippen LogP contribution in [-0.2, 0) is 29.0 Å². The number of hydrogen-bond acceptors (Lipinski definition) is 8. The normalized spacial score (nSPS) is 24.1. The van der Waals surface area contributed by atoms with E-state index in [2.05, 4.69) is 10.8 Å².